The van der Waals surface area contributed by atoms with Crippen molar-refractivity contribution in [1.82, 2.24) is 5.32 Å². The fourth-order valence-electron chi connectivity index (χ4n) is 2.12. The van der Waals surface area contributed by atoms with Crippen molar-refractivity contribution in [2.24, 2.45) is 11.7 Å². The summed E-state index contributed by atoms with van der Waals surface area (Å²) < 4.78 is 0. The summed E-state index contributed by atoms with van der Waals surface area (Å²) in [6.45, 7) is 2.23. The van der Waals surface area contributed by atoms with E-state index < -0.39 is 5.54 Å². The van der Waals surface area contributed by atoms with Gasteiger partial charge in [0.1, 0.15) is 0 Å². The zero-order valence-electron chi connectivity index (χ0n) is 9.91. The van der Waals surface area contributed by atoms with Crippen LogP contribution in [0.4, 0.5) is 0 Å². The summed E-state index contributed by atoms with van der Waals surface area (Å²) in [5, 5.41) is 3.03. The van der Waals surface area contributed by atoms with Crippen LogP contribution in [0.1, 0.15) is 32.6 Å². The van der Waals surface area contributed by atoms with E-state index in [1.165, 1.54) is 11.8 Å². The molecule has 1 aliphatic rings. The van der Waals surface area contributed by atoms with Crippen LogP contribution in [0.15, 0.2) is 0 Å². The maximum atomic E-state index is 11.7. The first-order valence-electron chi connectivity index (χ1n) is 5.60. The SMILES string of the molecule is CSCC(=O)NC1(C(N)=S)CCC(C)CC1. The first-order valence-corrected chi connectivity index (χ1v) is 7.40. The number of carbonyl (C=O) groups excluding carboxylic acids is 1. The van der Waals surface area contributed by atoms with Gasteiger partial charge in [0.25, 0.3) is 0 Å². The highest BCUT2D eigenvalue weighted by atomic mass is 32.2. The summed E-state index contributed by atoms with van der Waals surface area (Å²) >= 11 is 6.64. The van der Waals surface area contributed by atoms with Gasteiger partial charge in [-0.3, -0.25) is 4.79 Å². The molecular formula is C11H20N2OS2. The van der Waals surface area contributed by atoms with E-state index in [4.69, 9.17) is 18.0 Å². The molecule has 16 heavy (non-hydrogen) atoms. The molecule has 1 aliphatic carbocycles. The summed E-state index contributed by atoms with van der Waals surface area (Å²) in [6, 6.07) is 0. The fraction of sp³-hybridized carbons (Fsp3) is 0.818. The highest BCUT2D eigenvalue weighted by Crippen LogP contribution is 2.32. The molecule has 3 N–H and O–H groups in total. The van der Waals surface area contributed by atoms with Crippen molar-refractivity contribution in [3.8, 4) is 0 Å². The minimum Gasteiger partial charge on any atom is -0.391 e. The molecule has 0 aliphatic heterocycles. The lowest BCUT2D eigenvalue weighted by atomic mass is 9.77. The molecule has 1 saturated carbocycles. The largest absolute Gasteiger partial charge is 0.391 e. The quantitative estimate of drug-likeness (QED) is 0.756. The van der Waals surface area contributed by atoms with Crippen molar-refractivity contribution in [3.63, 3.8) is 0 Å². The Balaban J connectivity index is 2.66. The summed E-state index contributed by atoms with van der Waals surface area (Å²) in [6.07, 6.45) is 5.83. The average molecular weight is 260 g/mol. The predicted molar refractivity (Wildman–Crippen MR) is 73.7 cm³/mol. The minimum atomic E-state index is -0.422. The maximum Gasteiger partial charge on any atom is 0.230 e. The zero-order valence-corrected chi connectivity index (χ0v) is 11.5. The third kappa shape index (κ3) is 3.35. The number of thiocarbonyl (C=S) groups is 1. The van der Waals surface area contributed by atoms with Gasteiger partial charge in [-0.2, -0.15) is 11.8 Å². The van der Waals surface area contributed by atoms with Gasteiger partial charge in [0.05, 0.1) is 16.3 Å². The standard InChI is InChI=1S/C11H20N2OS2/c1-8-3-5-11(6-4-8,10(12)15)13-9(14)7-16-2/h8H,3-7H2,1-2H3,(H2,12,15)(H,13,14). The van der Waals surface area contributed by atoms with Crippen LogP contribution in [0.25, 0.3) is 0 Å². The Labute approximate surface area is 107 Å². The van der Waals surface area contributed by atoms with Gasteiger partial charge in [0, 0.05) is 0 Å². The summed E-state index contributed by atoms with van der Waals surface area (Å²) in [5.41, 5.74) is 5.38. The van der Waals surface area contributed by atoms with Crippen LogP contribution in [0, 0.1) is 5.92 Å². The van der Waals surface area contributed by atoms with Crippen molar-refractivity contribution < 1.29 is 4.79 Å². The van der Waals surface area contributed by atoms with E-state index in [0.717, 1.165) is 25.7 Å². The predicted octanol–water partition coefficient (Wildman–Crippen LogP) is 1.70. The van der Waals surface area contributed by atoms with Gasteiger partial charge in [0.15, 0.2) is 0 Å². The molecule has 0 aromatic rings. The van der Waals surface area contributed by atoms with Gasteiger partial charge in [-0.15, -0.1) is 0 Å². The zero-order chi connectivity index (χ0) is 12.2. The Morgan fingerprint density at radius 2 is 2.12 bits per heavy atom. The third-order valence-electron chi connectivity index (χ3n) is 3.25. The Kier molecular flexibility index (Phi) is 5.05. The number of rotatable bonds is 4. The van der Waals surface area contributed by atoms with Crippen LogP contribution in [0.3, 0.4) is 0 Å². The highest BCUT2D eigenvalue weighted by molar-refractivity contribution is 7.99. The van der Waals surface area contributed by atoms with Crippen LogP contribution < -0.4 is 11.1 Å². The fourth-order valence-corrected chi connectivity index (χ4v) is 2.71. The van der Waals surface area contributed by atoms with Crippen molar-refractivity contribution in [2.45, 2.75) is 38.1 Å². The van der Waals surface area contributed by atoms with Crippen LogP contribution >= 0.6 is 24.0 Å². The Morgan fingerprint density at radius 1 is 1.56 bits per heavy atom. The molecule has 0 saturated heterocycles. The van der Waals surface area contributed by atoms with Crippen LogP contribution in [-0.4, -0.2) is 28.4 Å². The number of nitrogens with two attached hydrogens (primary N) is 1. The van der Waals surface area contributed by atoms with Crippen LogP contribution in [0.2, 0.25) is 0 Å². The third-order valence-corrected chi connectivity index (χ3v) is 4.20. The number of carbonyl (C=O) groups is 1. The number of hydrogen-bond donors (Lipinski definition) is 2. The molecule has 1 rings (SSSR count). The van der Waals surface area contributed by atoms with Crippen molar-refractivity contribution >= 4 is 34.9 Å². The number of thioether (sulfide) groups is 1. The second-order valence-corrected chi connectivity index (χ2v) is 5.92. The molecule has 5 heteroatoms. The van der Waals surface area contributed by atoms with Gasteiger partial charge in [0.2, 0.25) is 5.91 Å². The van der Waals surface area contributed by atoms with Crippen LogP contribution in [0.5, 0.6) is 0 Å². The first kappa shape index (κ1) is 13.8. The molecular weight excluding hydrogens is 240 g/mol. The summed E-state index contributed by atoms with van der Waals surface area (Å²) in [7, 11) is 0. The Hall–Kier alpha value is -0.290. The summed E-state index contributed by atoms with van der Waals surface area (Å²) in [5.74, 6) is 1.22. The molecule has 1 amide bonds. The van der Waals surface area contributed by atoms with Gasteiger partial charge in [-0.05, 0) is 37.9 Å². The second kappa shape index (κ2) is 5.87. The second-order valence-electron chi connectivity index (χ2n) is 4.61. The number of nitrogens with one attached hydrogen (secondary N) is 1. The van der Waals surface area contributed by atoms with Crippen molar-refractivity contribution in [1.29, 1.82) is 0 Å². The Morgan fingerprint density at radius 3 is 2.56 bits per heavy atom. The normalized spacial score (nSPS) is 29.8. The van der Waals surface area contributed by atoms with Gasteiger partial charge >= 0.3 is 0 Å². The van der Waals surface area contributed by atoms with E-state index in [2.05, 4.69) is 12.2 Å². The molecule has 1 fully saturated rings. The van der Waals surface area contributed by atoms with E-state index in [0.29, 0.717) is 16.7 Å². The van der Waals surface area contributed by atoms with Crippen molar-refractivity contribution in [3.05, 3.63) is 0 Å². The lowest BCUT2D eigenvalue weighted by Gasteiger charge is -2.39. The molecule has 0 atom stereocenters. The van der Waals surface area contributed by atoms with Crippen LogP contribution in [-0.2, 0) is 4.79 Å². The molecule has 92 valence electrons. The number of amides is 1. The molecule has 0 radical (unpaired) electrons. The molecule has 0 aromatic carbocycles. The molecule has 3 nitrogen and oxygen atoms in total. The molecule has 0 aromatic heterocycles. The van der Waals surface area contributed by atoms with E-state index in [1.54, 1.807) is 0 Å². The van der Waals surface area contributed by atoms with E-state index in [9.17, 15) is 4.79 Å². The molecule has 0 unspecified atom stereocenters. The first-order chi connectivity index (χ1) is 7.50. The smallest absolute Gasteiger partial charge is 0.230 e. The summed E-state index contributed by atoms with van der Waals surface area (Å²) in [4.78, 5) is 12.1. The average Bonchev–Trinajstić information content (AvgIpc) is 2.22. The number of hydrogen-bond acceptors (Lipinski definition) is 3. The lowest BCUT2D eigenvalue weighted by molar-refractivity contribution is -0.120. The monoisotopic (exact) mass is 260 g/mol. The molecule has 0 heterocycles. The lowest BCUT2D eigenvalue weighted by Crippen LogP contribution is -2.58. The Bertz CT molecular complexity index is 273. The minimum absolute atomic E-state index is 0.0369. The highest BCUT2D eigenvalue weighted by Gasteiger charge is 2.37. The van der Waals surface area contributed by atoms with E-state index in [1.807, 2.05) is 6.26 Å². The maximum absolute atomic E-state index is 11.7. The van der Waals surface area contributed by atoms with Gasteiger partial charge in [-0.1, -0.05) is 19.1 Å². The van der Waals surface area contributed by atoms with E-state index in [-0.39, 0.29) is 5.91 Å². The van der Waals surface area contributed by atoms with Gasteiger partial charge in [-0.25, -0.2) is 0 Å². The van der Waals surface area contributed by atoms with Crippen molar-refractivity contribution in [2.75, 3.05) is 12.0 Å². The van der Waals surface area contributed by atoms with Gasteiger partial charge < -0.3 is 11.1 Å². The topological polar surface area (TPSA) is 55.1 Å². The molecule has 0 bridgehead atoms. The molecule has 0 spiro atoms. The van der Waals surface area contributed by atoms with E-state index >= 15 is 0 Å².